The van der Waals surface area contributed by atoms with Gasteiger partial charge in [0.05, 0.1) is 17.9 Å². The van der Waals surface area contributed by atoms with Crippen LogP contribution in [0.5, 0.6) is 0 Å². The number of aromatic nitrogens is 1. The van der Waals surface area contributed by atoms with E-state index in [0.717, 1.165) is 0 Å². The van der Waals surface area contributed by atoms with E-state index >= 15 is 0 Å². The zero-order valence-corrected chi connectivity index (χ0v) is 17.9. The van der Waals surface area contributed by atoms with E-state index in [0.29, 0.717) is 54.4 Å². The van der Waals surface area contributed by atoms with Crippen LogP contribution in [0.2, 0.25) is 0 Å². The van der Waals surface area contributed by atoms with E-state index in [-0.39, 0.29) is 0 Å². The number of allylic oxidation sites excluding steroid dienone is 2. The van der Waals surface area contributed by atoms with Crippen LogP contribution >= 0.6 is 0 Å². The van der Waals surface area contributed by atoms with Crippen LogP contribution in [0, 0.1) is 11.8 Å². The fourth-order valence-corrected chi connectivity index (χ4v) is 4.92. The van der Waals surface area contributed by atoms with E-state index in [9.17, 15) is 29.4 Å². The van der Waals surface area contributed by atoms with Crippen LogP contribution in [0.15, 0.2) is 36.5 Å². The predicted octanol–water partition coefficient (Wildman–Crippen LogP) is 1.85. The number of fused-ring (bicyclic) bond motifs is 1. The summed E-state index contributed by atoms with van der Waals surface area (Å²) in [5, 5.41) is 22.8. The zero-order chi connectivity index (χ0) is 23.7. The minimum Gasteiger partial charge on any atom is -0.481 e. The summed E-state index contributed by atoms with van der Waals surface area (Å²) >= 11 is 0. The number of aliphatic carboxylic acids is 2. The van der Waals surface area contributed by atoms with Gasteiger partial charge in [0, 0.05) is 34.9 Å². The Labute approximate surface area is 189 Å². The van der Waals surface area contributed by atoms with Crippen LogP contribution in [0.1, 0.15) is 37.3 Å². The van der Waals surface area contributed by atoms with E-state index in [1.165, 1.54) is 0 Å². The fourth-order valence-electron chi connectivity index (χ4n) is 4.92. The molecule has 4 atom stereocenters. The molecule has 1 saturated heterocycles. The topological polar surface area (TPSA) is 166 Å². The number of carbonyl (C=O) groups is 4. The molecule has 2 aromatic rings. The van der Waals surface area contributed by atoms with E-state index in [1.54, 1.807) is 41.4 Å². The van der Waals surface area contributed by atoms with E-state index < -0.39 is 47.7 Å². The molecule has 1 fully saturated rings. The van der Waals surface area contributed by atoms with E-state index in [4.69, 9.17) is 5.73 Å². The molecule has 2 aliphatic rings. The average molecular weight is 454 g/mol. The smallest absolute Gasteiger partial charge is 0.325 e. The number of nitrogens with one attached hydrogen (secondary N) is 2. The normalized spacial score (nSPS) is 23.9. The number of amides is 2. The minimum atomic E-state index is -1.10. The molecule has 33 heavy (non-hydrogen) atoms. The second-order valence-electron chi connectivity index (χ2n) is 8.53. The van der Waals surface area contributed by atoms with Gasteiger partial charge in [-0.3, -0.25) is 24.1 Å². The van der Waals surface area contributed by atoms with Gasteiger partial charge in [-0.1, -0.05) is 12.2 Å². The fraction of sp³-hybridized carbons (Fsp3) is 0.391. The van der Waals surface area contributed by atoms with Crippen molar-refractivity contribution in [3.8, 4) is 0 Å². The van der Waals surface area contributed by atoms with Gasteiger partial charge in [-0.15, -0.1) is 0 Å². The molecule has 1 aliphatic heterocycles. The van der Waals surface area contributed by atoms with Crippen LogP contribution in [0.3, 0.4) is 0 Å². The number of nitrogens with two attached hydrogens (primary N) is 1. The van der Waals surface area contributed by atoms with Crippen molar-refractivity contribution in [1.82, 2.24) is 9.88 Å². The Hall–Kier alpha value is -3.66. The number of likely N-dealkylation sites (tertiary alicyclic amines) is 1. The number of carboxylic acid groups (broad SMARTS) is 2. The molecule has 0 bridgehead atoms. The Morgan fingerprint density at radius 3 is 2.52 bits per heavy atom. The molecule has 1 aliphatic carbocycles. The molecule has 1 aromatic carbocycles. The van der Waals surface area contributed by atoms with Crippen molar-refractivity contribution < 1.29 is 29.4 Å². The summed E-state index contributed by atoms with van der Waals surface area (Å²) in [5.74, 6) is -4.55. The number of hydrogen-bond acceptors (Lipinski definition) is 5. The highest BCUT2D eigenvalue weighted by Gasteiger charge is 2.40. The highest BCUT2D eigenvalue weighted by molar-refractivity contribution is 5.98. The van der Waals surface area contributed by atoms with Crippen LogP contribution < -0.4 is 11.1 Å². The van der Waals surface area contributed by atoms with Crippen molar-refractivity contribution in [3.05, 3.63) is 42.1 Å². The number of aromatic amines is 1. The van der Waals surface area contributed by atoms with Crippen molar-refractivity contribution in [2.75, 3.05) is 11.9 Å². The molecule has 0 radical (unpaired) electrons. The summed E-state index contributed by atoms with van der Waals surface area (Å²) in [4.78, 5) is 53.1. The predicted molar refractivity (Wildman–Crippen MR) is 119 cm³/mol. The van der Waals surface area contributed by atoms with Gasteiger partial charge in [0.25, 0.3) is 0 Å². The minimum absolute atomic E-state index is 0.297. The van der Waals surface area contributed by atoms with E-state index in [2.05, 4.69) is 10.3 Å². The molecule has 2 heterocycles. The number of primary amides is 1. The van der Waals surface area contributed by atoms with Gasteiger partial charge in [-0.25, -0.2) is 0 Å². The molecule has 0 saturated carbocycles. The maximum absolute atomic E-state index is 12.8. The Morgan fingerprint density at radius 1 is 1.12 bits per heavy atom. The first-order valence-corrected chi connectivity index (χ1v) is 10.9. The molecule has 10 heteroatoms. The number of carboxylic acids is 2. The van der Waals surface area contributed by atoms with E-state index in [1.807, 2.05) is 0 Å². The van der Waals surface area contributed by atoms with Crippen LogP contribution in [0.25, 0.3) is 10.9 Å². The first-order chi connectivity index (χ1) is 15.8. The number of hydrogen-bond donors (Lipinski definition) is 5. The summed E-state index contributed by atoms with van der Waals surface area (Å²) in [6.07, 6.45) is 6.98. The van der Waals surface area contributed by atoms with Crippen molar-refractivity contribution >= 4 is 40.3 Å². The lowest BCUT2D eigenvalue weighted by molar-refractivity contribution is -0.146. The Balaban J connectivity index is 1.64. The molecule has 4 rings (SSSR count). The third-order valence-corrected chi connectivity index (χ3v) is 6.55. The quantitative estimate of drug-likeness (QED) is 0.398. The molecule has 6 N–H and O–H groups in total. The standard InChI is InChI=1S/C23H26N4O6/c24-20(28)18-6-3-9-27(18)19(23(32)33)16-11-25-17-8-7-12(10-15(16)17)26-21(29)13-4-1-2-5-14(13)22(30)31/h1-2,7-8,10-11,13-14,18-19,25H,3-6,9H2,(H2,24,28)(H,26,29)(H,30,31)(H,32,33)/t13?,14?,18-,19?/m0/s1. The van der Waals surface area contributed by atoms with Crippen LogP contribution in [-0.2, 0) is 19.2 Å². The molecular weight excluding hydrogens is 428 g/mol. The summed E-state index contributed by atoms with van der Waals surface area (Å²) in [6, 6.07) is 3.32. The highest BCUT2D eigenvalue weighted by atomic mass is 16.4. The van der Waals surface area contributed by atoms with Crippen molar-refractivity contribution in [2.45, 2.75) is 37.8 Å². The van der Waals surface area contributed by atoms with Gasteiger partial charge in [-0.2, -0.15) is 0 Å². The average Bonchev–Trinajstić information content (AvgIpc) is 3.42. The summed E-state index contributed by atoms with van der Waals surface area (Å²) < 4.78 is 0. The molecule has 10 nitrogen and oxygen atoms in total. The van der Waals surface area contributed by atoms with Crippen LogP contribution in [-0.4, -0.2) is 56.4 Å². The molecule has 1 aromatic heterocycles. The van der Waals surface area contributed by atoms with Gasteiger partial charge >= 0.3 is 11.9 Å². The van der Waals surface area contributed by atoms with Gasteiger partial charge in [0.1, 0.15) is 6.04 Å². The lowest BCUT2D eigenvalue weighted by atomic mass is 9.82. The molecule has 174 valence electrons. The maximum atomic E-state index is 12.8. The Morgan fingerprint density at radius 2 is 1.85 bits per heavy atom. The largest absolute Gasteiger partial charge is 0.481 e. The molecular formula is C23H26N4O6. The molecule has 2 amide bonds. The monoisotopic (exact) mass is 454 g/mol. The lowest BCUT2D eigenvalue weighted by Crippen LogP contribution is -2.44. The number of carbonyl (C=O) groups excluding carboxylic acids is 2. The lowest BCUT2D eigenvalue weighted by Gasteiger charge is -2.28. The summed E-state index contributed by atoms with van der Waals surface area (Å²) in [7, 11) is 0. The third kappa shape index (κ3) is 4.34. The Bertz CT molecular complexity index is 1140. The molecule has 3 unspecified atom stereocenters. The van der Waals surface area contributed by atoms with Crippen molar-refractivity contribution in [3.63, 3.8) is 0 Å². The van der Waals surface area contributed by atoms with Crippen molar-refractivity contribution in [2.24, 2.45) is 17.6 Å². The number of nitrogens with zero attached hydrogens (tertiary/aromatic N) is 1. The second-order valence-corrected chi connectivity index (χ2v) is 8.53. The maximum Gasteiger partial charge on any atom is 0.325 e. The number of benzene rings is 1. The number of rotatable bonds is 7. The first-order valence-electron chi connectivity index (χ1n) is 10.9. The summed E-state index contributed by atoms with van der Waals surface area (Å²) in [5.41, 5.74) is 7.07. The number of anilines is 1. The molecule has 0 spiro atoms. The van der Waals surface area contributed by atoms with Gasteiger partial charge < -0.3 is 26.2 Å². The number of H-pyrrole nitrogens is 1. The van der Waals surface area contributed by atoms with Gasteiger partial charge in [0.2, 0.25) is 11.8 Å². The SMILES string of the molecule is NC(=O)[C@@H]1CCCN1C(C(=O)O)c1c[nH]c2ccc(NC(=O)C3CC=CCC3C(=O)O)cc12. The van der Waals surface area contributed by atoms with Gasteiger partial charge in [0.15, 0.2) is 0 Å². The first kappa shape index (κ1) is 22.5. The third-order valence-electron chi connectivity index (χ3n) is 6.55. The van der Waals surface area contributed by atoms with Gasteiger partial charge in [-0.05, 0) is 43.9 Å². The zero-order valence-electron chi connectivity index (χ0n) is 17.9. The summed E-state index contributed by atoms with van der Waals surface area (Å²) in [6.45, 7) is 0.430. The highest BCUT2D eigenvalue weighted by Crippen LogP contribution is 2.35. The van der Waals surface area contributed by atoms with Crippen LogP contribution in [0.4, 0.5) is 5.69 Å². The Kier molecular flexibility index (Phi) is 6.19. The van der Waals surface area contributed by atoms with Crippen molar-refractivity contribution in [1.29, 1.82) is 0 Å². The second kappa shape index (κ2) is 9.07.